The fourth-order valence-corrected chi connectivity index (χ4v) is 1.79. The van der Waals surface area contributed by atoms with E-state index in [1.54, 1.807) is 0 Å². The first-order chi connectivity index (χ1) is 6.35. The van der Waals surface area contributed by atoms with E-state index in [0.717, 1.165) is 43.7 Å². The highest BCUT2D eigenvalue weighted by Gasteiger charge is 2.21. The maximum Gasteiger partial charge on any atom is 0.133 e. The normalized spacial score (nSPS) is 21.2. The van der Waals surface area contributed by atoms with Gasteiger partial charge in [-0.1, -0.05) is 6.92 Å². The summed E-state index contributed by atoms with van der Waals surface area (Å²) in [5, 5.41) is 8.16. The lowest BCUT2D eigenvalue weighted by Crippen LogP contribution is -2.21. The Kier molecular flexibility index (Phi) is 2.12. The number of carbonyl (C=O) groups is 1. The van der Waals surface area contributed by atoms with Gasteiger partial charge in [-0.25, -0.2) is 0 Å². The summed E-state index contributed by atoms with van der Waals surface area (Å²) >= 11 is 0. The van der Waals surface area contributed by atoms with Gasteiger partial charge < -0.3 is 9.36 Å². The molecule has 0 saturated heterocycles. The standard InChI is InChI=1S/C9H13N3O/c1-2-8-10-11-9-5-7(6-13)3-4-12(8)9/h6-7H,2-5H2,1H3. The summed E-state index contributed by atoms with van der Waals surface area (Å²) in [5.74, 6) is 2.17. The lowest BCUT2D eigenvalue weighted by Gasteiger charge is -2.18. The minimum atomic E-state index is 0.154. The Morgan fingerprint density at radius 1 is 1.62 bits per heavy atom. The molecule has 2 rings (SSSR count). The zero-order valence-corrected chi connectivity index (χ0v) is 7.73. The number of aromatic nitrogens is 3. The number of rotatable bonds is 2. The van der Waals surface area contributed by atoms with Gasteiger partial charge >= 0.3 is 0 Å². The molecular weight excluding hydrogens is 166 g/mol. The van der Waals surface area contributed by atoms with Gasteiger partial charge in [-0.2, -0.15) is 0 Å². The molecule has 0 radical (unpaired) electrons. The average molecular weight is 179 g/mol. The van der Waals surface area contributed by atoms with E-state index in [1.807, 2.05) is 0 Å². The van der Waals surface area contributed by atoms with Gasteiger partial charge in [-0.15, -0.1) is 10.2 Å². The van der Waals surface area contributed by atoms with Gasteiger partial charge in [0.25, 0.3) is 0 Å². The van der Waals surface area contributed by atoms with Crippen molar-refractivity contribution in [1.29, 1.82) is 0 Å². The molecule has 1 aromatic heterocycles. The molecule has 0 saturated carbocycles. The Morgan fingerprint density at radius 3 is 3.15 bits per heavy atom. The largest absolute Gasteiger partial charge is 0.315 e. The fraction of sp³-hybridized carbons (Fsp3) is 0.667. The third-order valence-corrected chi connectivity index (χ3v) is 2.58. The van der Waals surface area contributed by atoms with Crippen LogP contribution < -0.4 is 0 Å². The quantitative estimate of drug-likeness (QED) is 0.625. The number of fused-ring (bicyclic) bond motifs is 1. The molecule has 0 spiro atoms. The van der Waals surface area contributed by atoms with Crippen LogP contribution in [0, 0.1) is 5.92 Å². The van der Waals surface area contributed by atoms with Crippen LogP contribution in [0.4, 0.5) is 0 Å². The molecular formula is C9H13N3O. The van der Waals surface area contributed by atoms with Crippen molar-refractivity contribution in [1.82, 2.24) is 14.8 Å². The van der Waals surface area contributed by atoms with Crippen molar-refractivity contribution in [2.24, 2.45) is 5.92 Å². The second kappa shape index (κ2) is 3.28. The van der Waals surface area contributed by atoms with Gasteiger partial charge in [-0.3, -0.25) is 0 Å². The SMILES string of the molecule is CCc1nnc2n1CCC(C=O)C2. The van der Waals surface area contributed by atoms with Crippen molar-refractivity contribution in [3.05, 3.63) is 11.6 Å². The topological polar surface area (TPSA) is 47.8 Å². The van der Waals surface area contributed by atoms with Crippen molar-refractivity contribution in [2.45, 2.75) is 32.7 Å². The molecule has 0 aromatic carbocycles. The maximum absolute atomic E-state index is 10.6. The zero-order valence-electron chi connectivity index (χ0n) is 7.73. The lowest BCUT2D eigenvalue weighted by atomic mass is 10.00. The Bertz CT molecular complexity index is 319. The predicted molar refractivity (Wildman–Crippen MR) is 47.3 cm³/mol. The van der Waals surface area contributed by atoms with E-state index in [4.69, 9.17) is 0 Å². The molecule has 4 nitrogen and oxygen atoms in total. The van der Waals surface area contributed by atoms with Crippen molar-refractivity contribution >= 4 is 6.29 Å². The molecule has 0 amide bonds. The molecule has 1 atom stereocenters. The van der Waals surface area contributed by atoms with Gasteiger partial charge in [0.2, 0.25) is 0 Å². The molecule has 1 aromatic rings. The van der Waals surface area contributed by atoms with Crippen LogP contribution >= 0.6 is 0 Å². The molecule has 1 aliphatic rings. The second-order valence-corrected chi connectivity index (χ2v) is 3.43. The number of carbonyl (C=O) groups excluding carboxylic acids is 1. The van der Waals surface area contributed by atoms with Crippen molar-refractivity contribution in [3.8, 4) is 0 Å². The minimum Gasteiger partial charge on any atom is -0.315 e. The third-order valence-electron chi connectivity index (χ3n) is 2.58. The summed E-state index contributed by atoms with van der Waals surface area (Å²) in [5.41, 5.74) is 0. The fourth-order valence-electron chi connectivity index (χ4n) is 1.79. The monoisotopic (exact) mass is 179 g/mol. The Balaban J connectivity index is 2.27. The molecule has 4 heteroatoms. The Labute approximate surface area is 77.0 Å². The molecule has 0 bridgehead atoms. The molecule has 0 fully saturated rings. The van der Waals surface area contributed by atoms with Crippen LogP contribution in [0.15, 0.2) is 0 Å². The van der Waals surface area contributed by atoms with E-state index < -0.39 is 0 Å². The predicted octanol–water partition coefficient (Wildman–Crippen LogP) is 0.602. The highest BCUT2D eigenvalue weighted by molar-refractivity contribution is 5.54. The van der Waals surface area contributed by atoms with Crippen LogP contribution in [-0.4, -0.2) is 21.1 Å². The minimum absolute atomic E-state index is 0.154. The van der Waals surface area contributed by atoms with Crippen molar-refractivity contribution in [3.63, 3.8) is 0 Å². The highest BCUT2D eigenvalue weighted by atomic mass is 16.1. The van der Waals surface area contributed by atoms with E-state index >= 15 is 0 Å². The summed E-state index contributed by atoms with van der Waals surface area (Å²) in [6, 6.07) is 0. The zero-order chi connectivity index (χ0) is 9.26. The van der Waals surface area contributed by atoms with Crippen LogP contribution in [0.1, 0.15) is 25.0 Å². The van der Waals surface area contributed by atoms with Crippen molar-refractivity contribution in [2.75, 3.05) is 0 Å². The van der Waals surface area contributed by atoms with Crippen LogP contribution in [0.3, 0.4) is 0 Å². The molecule has 13 heavy (non-hydrogen) atoms. The van der Waals surface area contributed by atoms with Crippen LogP contribution in [0.5, 0.6) is 0 Å². The van der Waals surface area contributed by atoms with Gasteiger partial charge in [0, 0.05) is 25.3 Å². The molecule has 0 aliphatic carbocycles. The smallest absolute Gasteiger partial charge is 0.133 e. The summed E-state index contributed by atoms with van der Waals surface area (Å²) in [6.07, 6.45) is 3.64. The first-order valence-electron chi connectivity index (χ1n) is 4.71. The third kappa shape index (κ3) is 1.36. The lowest BCUT2D eigenvalue weighted by molar-refractivity contribution is -0.111. The second-order valence-electron chi connectivity index (χ2n) is 3.43. The van der Waals surface area contributed by atoms with Crippen LogP contribution in [0.2, 0.25) is 0 Å². The van der Waals surface area contributed by atoms with Gasteiger partial charge in [0.05, 0.1) is 0 Å². The number of hydrogen-bond donors (Lipinski definition) is 0. The number of aldehydes is 1. The number of nitrogens with zero attached hydrogens (tertiary/aromatic N) is 3. The highest BCUT2D eigenvalue weighted by Crippen LogP contribution is 2.18. The summed E-state index contributed by atoms with van der Waals surface area (Å²) in [7, 11) is 0. The van der Waals surface area contributed by atoms with Crippen molar-refractivity contribution < 1.29 is 4.79 Å². The van der Waals surface area contributed by atoms with Gasteiger partial charge in [-0.05, 0) is 6.42 Å². The molecule has 2 heterocycles. The van der Waals surface area contributed by atoms with E-state index in [-0.39, 0.29) is 5.92 Å². The van der Waals surface area contributed by atoms with E-state index in [0.29, 0.717) is 0 Å². The molecule has 1 aliphatic heterocycles. The summed E-state index contributed by atoms with van der Waals surface area (Å²) in [4.78, 5) is 10.6. The van der Waals surface area contributed by atoms with E-state index in [1.165, 1.54) is 0 Å². The molecule has 1 unspecified atom stereocenters. The summed E-state index contributed by atoms with van der Waals surface area (Å²) < 4.78 is 2.14. The number of hydrogen-bond acceptors (Lipinski definition) is 3. The average Bonchev–Trinajstić information content (AvgIpc) is 2.59. The van der Waals surface area contributed by atoms with E-state index in [2.05, 4.69) is 21.7 Å². The summed E-state index contributed by atoms with van der Waals surface area (Å²) in [6.45, 7) is 2.97. The van der Waals surface area contributed by atoms with Gasteiger partial charge in [0.15, 0.2) is 0 Å². The first kappa shape index (κ1) is 8.41. The molecule has 70 valence electrons. The Morgan fingerprint density at radius 2 is 2.46 bits per heavy atom. The molecule has 0 N–H and O–H groups in total. The first-order valence-corrected chi connectivity index (χ1v) is 4.71. The maximum atomic E-state index is 10.6. The van der Waals surface area contributed by atoms with E-state index in [9.17, 15) is 4.79 Å². The number of aryl methyl sites for hydroxylation is 1. The van der Waals surface area contributed by atoms with Crippen LogP contribution in [0.25, 0.3) is 0 Å². The Hall–Kier alpha value is -1.19. The van der Waals surface area contributed by atoms with Gasteiger partial charge in [0.1, 0.15) is 17.9 Å². The van der Waals surface area contributed by atoms with Crippen LogP contribution in [-0.2, 0) is 24.2 Å².